The van der Waals surface area contributed by atoms with E-state index in [1.165, 1.54) is 19.1 Å². The van der Waals surface area contributed by atoms with Crippen LogP contribution in [0.15, 0.2) is 42.5 Å². The van der Waals surface area contributed by atoms with Gasteiger partial charge in [0.1, 0.15) is 5.75 Å². The molecule has 8 nitrogen and oxygen atoms in total. The van der Waals surface area contributed by atoms with Crippen molar-refractivity contribution in [2.75, 3.05) is 17.2 Å². The molecule has 2 rings (SSSR count). The molecule has 0 aromatic heterocycles. The van der Waals surface area contributed by atoms with Gasteiger partial charge in [0.25, 0.3) is 11.6 Å². The van der Waals surface area contributed by atoms with Crippen molar-refractivity contribution in [3.63, 3.8) is 0 Å². The van der Waals surface area contributed by atoms with E-state index >= 15 is 0 Å². The van der Waals surface area contributed by atoms with Gasteiger partial charge >= 0.3 is 0 Å². The molecule has 0 saturated heterocycles. The van der Waals surface area contributed by atoms with Gasteiger partial charge in [-0.05, 0) is 18.2 Å². The van der Waals surface area contributed by atoms with E-state index in [4.69, 9.17) is 16.3 Å². The molecular weight excluding hydrogens is 350 g/mol. The molecule has 2 amide bonds. The first-order valence-corrected chi connectivity index (χ1v) is 7.47. The number of nitrogens with zero attached hydrogens (tertiary/aromatic N) is 1. The van der Waals surface area contributed by atoms with Gasteiger partial charge in [-0.3, -0.25) is 19.7 Å². The maximum Gasteiger partial charge on any atom is 0.271 e. The van der Waals surface area contributed by atoms with E-state index in [0.717, 1.165) is 6.07 Å². The molecule has 0 aliphatic rings. The predicted molar refractivity (Wildman–Crippen MR) is 93.0 cm³/mol. The number of halogens is 1. The maximum atomic E-state index is 11.9. The van der Waals surface area contributed by atoms with Gasteiger partial charge < -0.3 is 15.4 Å². The van der Waals surface area contributed by atoms with Crippen molar-refractivity contribution in [3.05, 3.63) is 57.6 Å². The van der Waals surface area contributed by atoms with E-state index in [-0.39, 0.29) is 28.9 Å². The molecule has 0 saturated carbocycles. The van der Waals surface area contributed by atoms with Crippen molar-refractivity contribution in [1.82, 2.24) is 0 Å². The summed E-state index contributed by atoms with van der Waals surface area (Å²) in [6, 6.07) is 10.3. The van der Waals surface area contributed by atoms with Crippen molar-refractivity contribution in [1.29, 1.82) is 0 Å². The normalized spacial score (nSPS) is 10.0. The van der Waals surface area contributed by atoms with Crippen LogP contribution >= 0.6 is 11.6 Å². The fourth-order valence-electron chi connectivity index (χ4n) is 1.92. The quantitative estimate of drug-likeness (QED) is 0.604. The summed E-state index contributed by atoms with van der Waals surface area (Å²) in [6.07, 6.45) is 0. The number of non-ortho nitro benzene ring substituents is 1. The monoisotopic (exact) mass is 363 g/mol. The number of hydrogen-bond donors (Lipinski definition) is 2. The molecule has 0 bridgehead atoms. The second-order valence-electron chi connectivity index (χ2n) is 4.97. The van der Waals surface area contributed by atoms with E-state index in [1.54, 1.807) is 24.3 Å². The summed E-state index contributed by atoms with van der Waals surface area (Å²) in [7, 11) is 0. The SMILES string of the molecule is CC(=O)Nc1cccc(OCC(=O)Nc2cc([N+](=O)[O-])ccc2Cl)c1. The zero-order valence-corrected chi connectivity index (χ0v) is 13.9. The van der Waals surface area contributed by atoms with Crippen LogP contribution in [0, 0.1) is 10.1 Å². The lowest BCUT2D eigenvalue weighted by atomic mass is 10.2. The topological polar surface area (TPSA) is 111 Å². The largest absolute Gasteiger partial charge is 0.484 e. The van der Waals surface area contributed by atoms with Gasteiger partial charge in [-0.1, -0.05) is 17.7 Å². The van der Waals surface area contributed by atoms with Gasteiger partial charge in [0.05, 0.1) is 15.6 Å². The second-order valence-corrected chi connectivity index (χ2v) is 5.37. The summed E-state index contributed by atoms with van der Waals surface area (Å²) < 4.78 is 5.34. The first-order valence-electron chi connectivity index (χ1n) is 7.09. The molecule has 0 aliphatic heterocycles. The van der Waals surface area contributed by atoms with Gasteiger partial charge in [-0.25, -0.2) is 0 Å². The minimum Gasteiger partial charge on any atom is -0.484 e. The number of ether oxygens (including phenoxy) is 1. The van der Waals surface area contributed by atoms with Crippen LogP contribution < -0.4 is 15.4 Å². The van der Waals surface area contributed by atoms with Gasteiger partial charge in [0.15, 0.2) is 6.61 Å². The van der Waals surface area contributed by atoms with Crippen LogP contribution in [0.5, 0.6) is 5.75 Å². The van der Waals surface area contributed by atoms with Crippen LogP contribution in [0.4, 0.5) is 17.1 Å². The van der Waals surface area contributed by atoms with E-state index < -0.39 is 10.8 Å². The third kappa shape index (κ3) is 5.47. The van der Waals surface area contributed by atoms with Crippen LogP contribution in [0.2, 0.25) is 5.02 Å². The molecule has 0 unspecified atom stereocenters. The molecule has 130 valence electrons. The zero-order chi connectivity index (χ0) is 18.4. The summed E-state index contributed by atoms with van der Waals surface area (Å²) in [5.41, 5.74) is 0.465. The zero-order valence-electron chi connectivity index (χ0n) is 13.1. The molecule has 0 fully saturated rings. The van der Waals surface area contributed by atoms with Gasteiger partial charge in [0, 0.05) is 30.8 Å². The molecule has 9 heteroatoms. The molecule has 0 heterocycles. The maximum absolute atomic E-state index is 11.9. The van der Waals surface area contributed by atoms with Crippen molar-refractivity contribution in [2.24, 2.45) is 0 Å². The Morgan fingerprint density at radius 3 is 2.64 bits per heavy atom. The van der Waals surface area contributed by atoms with Crippen LogP contribution in [-0.4, -0.2) is 23.3 Å². The smallest absolute Gasteiger partial charge is 0.271 e. The number of carbonyl (C=O) groups excluding carboxylic acids is 2. The van der Waals surface area contributed by atoms with E-state index in [0.29, 0.717) is 11.4 Å². The predicted octanol–water partition coefficient (Wildman–Crippen LogP) is 3.22. The number of nitro benzene ring substituents is 1. The highest BCUT2D eigenvalue weighted by Crippen LogP contribution is 2.26. The Bertz CT molecular complexity index is 825. The number of carbonyl (C=O) groups is 2. The summed E-state index contributed by atoms with van der Waals surface area (Å²) in [4.78, 5) is 33.1. The number of benzene rings is 2. The fraction of sp³-hybridized carbons (Fsp3) is 0.125. The Morgan fingerprint density at radius 2 is 1.96 bits per heavy atom. The highest BCUT2D eigenvalue weighted by atomic mass is 35.5. The third-order valence-corrected chi connectivity index (χ3v) is 3.29. The minimum atomic E-state index is -0.587. The number of nitro groups is 1. The lowest BCUT2D eigenvalue weighted by Crippen LogP contribution is -2.20. The van der Waals surface area contributed by atoms with Crippen molar-refractivity contribution < 1.29 is 19.2 Å². The van der Waals surface area contributed by atoms with Crippen molar-refractivity contribution in [3.8, 4) is 5.75 Å². The first kappa shape index (κ1) is 18.2. The molecule has 25 heavy (non-hydrogen) atoms. The molecular formula is C16H14ClN3O5. The molecule has 2 N–H and O–H groups in total. The van der Waals surface area contributed by atoms with Crippen molar-refractivity contribution in [2.45, 2.75) is 6.92 Å². The molecule has 0 atom stereocenters. The highest BCUT2D eigenvalue weighted by Gasteiger charge is 2.12. The Labute approximate surface area is 147 Å². The number of amides is 2. The molecule has 2 aromatic rings. The number of rotatable bonds is 6. The fourth-order valence-corrected chi connectivity index (χ4v) is 2.09. The standard InChI is InChI=1S/C16H14ClN3O5/c1-10(21)18-11-3-2-4-13(7-11)25-9-16(22)19-15-8-12(20(23)24)5-6-14(15)17/h2-8H,9H2,1H3,(H,18,21)(H,19,22). The number of nitrogens with one attached hydrogen (secondary N) is 2. The average Bonchev–Trinajstić information content (AvgIpc) is 2.54. The molecule has 0 spiro atoms. The Hall–Kier alpha value is -3.13. The van der Waals surface area contributed by atoms with Crippen LogP contribution in [0.1, 0.15) is 6.92 Å². The minimum absolute atomic E-state index is 0.122. The molecule has 2 aromatic carbocycles. The summed E-state index contributed by atoms with van der Waals surface area (Å²) in [6.45, 7) is 1.05. The van der Waals surface area contributed by atoms with Crippen LogP contribution in [0.25, 0.3) is 0 Å². The number of anilines is 2. The van der Waals surface area contributed by atoms with Crippen molar-refractivity contribution >= 4 is 40.5 Å². The third-order valence-electron chi connectivity index (χ3n) is 2.96. The second kappa shape index (κ2) is 8.11. The van der Waals surface area contributed by atoms with E-state index in [1.807, 2.05) is 0 Å². The lowest BCUT2D eigenvalue weighted by Gasteiger charge is -2.10. The molecule has 0 aliphatic carbocycles. The summed E-state index contributed by atoms with van der Waals surface area (Å²) in [5, 5.41) is 16.0. The number of hydrogen-bond acceptors (Lipinski definition) is 5. The summed E-state index contributed by atoms with van der Waals surface area (Å²) in [5.74, 6) is -0.380. The van der Waals surface area contributed by atoms with Gasteiger partial charge in [0.2, 0.25) is 5.91 Å². The van der Waals surface area contributed by atoms with E-state index in [2.05, 4.69) is 10.6 Å². The first-order chi connectivity index (χ1) is 11.8. The van der Waals surface area contributed by atoms with Crippen LogP contribution in [0.3, 0.4) is 0 Å². The van der Waals surface area contributed by atoms with Crippen LogP contribution in [-0.2, 0) is 9.59 Å². The summed E-state index contributed by atoms with van der Waals surface area (Å²) >= 11 is 5.91. The van der Waals surface area contributed by atoms with Gasteiger partial charge in [-0.2, -0.15) is 0 Å². The molecule has 0 radical (unpaired) electrons. The Kier molecular flexibility index (Phi) is 5.91. The highest BCUT2D eigenvalue weighted by molar-refractivity contribution is 6.33. The lowest BCUT2D eigenvalue weighted by molar-refractivity contribution is -0.384. The van der Waals surface area contributed by atoms with E-state index in [9.17, 15) is 19.7 Å². The Balaban J connectivity index is 1.98. The average molecular weight is 364 g/mol. The van der Waals surface area contributed by atoms with Gasteiger partial charge in [-0.15, -0.1) is 0 Å². The Morgan fingerprint density at radius 1 is 1.20 bits per heavy atom.